The van der Waals surface area contributed by atoms with E-state index in [2.05, 4.69) is 15.5 Å². The van der Waals surface area contributed by atoms with Crippen molar-refractivity contribution in [3.05, 3.63) is 5.01 Å². The molecule has 0 aliphatic heterocycles. The number of carbonyl (C=O) groups excluding carboxylic acids is 1. The summed E-state index contributed by atoms with van der Waals surface area (Å²) in [5.41, 5.74) is 0. The Morgan fingerprint density at radius 3 is 2.53 bits per heavy atom. The summed E-state index contributed by atoms with van der Waals surface area (Å²) in [6.45, 7) is 7.59. The van der Waals surface area contributed by atoms with E-state index in [1.54, 1.807) is 4.90 Å². The highest BCUT2D eigenvalue weighted by molar-refractivity contribution is 7.15. The van der Waals surface area contributed by atoms with E-state index in [1.165, 1.54) is 11.3 Å². The molecule has 1 heterocycles. The van der Waals surface area contributed by atoms with Gasteiger partial charge in [0, 0.05) is 13.1 Å². The Labute approximate surface area is 93.5 Å². The van der Waals surface area contributed by atoms with Gasteiger partial charge in [0.15, 0.2) is 0 Å². The number of hydrogen-bond acceptors (Lipinski definition) is 5. The van der Waals surface area contributed by atoms with Crippen molar-refractivity contribution in [3.63, 3.8) is 0 Å². The fourth-order valence-electron chi connectivity index (χ4n) is 1.21. The van der Waals surface area contributed by atoms with Crippen molar-refractivity contribution in [2.45, 2.75) is 20.8 Å². The van der Waals surface area contributed by atoms with Crippen molar-refractivity contribution in [2.24, 2.45) is 0 Å². The molecule has 84 valence electrons. The minimum atomic E-state index is 0.0906. The van der Waals surface area contributed by atoms with Gasteiger partial charge < -0.3 is 10.2 Å². The second-order valence-corrected chi connectivity index (χ2v) is 4.23. The summed E-state index contributed by atoms with van der Waals surface area (Å²) in [5, 5.41) is 12.3. The molecular weight excluding hydrogens is 212 g/mol. The van der Waals surface area contributed by atoms with Crippen LogP contribution in [0.2, 0.25) is 0 Å². The number of aryl methyl sites for hydroxylation is 1. The van der Waals surface area contributed by atoms with Crippen molar-refractivity contribution in [3.8, 4) is 0 Å². The Hall–Kier alpha value is -1.17. The first-order valence-electron chi connectivity index (χ1n) is 4.99. The lowest BCUT2D eigenvalue weighted by Gasteiger charge is -2.18. The third-order valence-electron chi connectivity index (χ3n) is 2.03. The highest BCUT2D eigenvalue weighted by atomic mass is 32.1. The predicted octanol–water partition coefficient (Wildman–Crippen LogP) is 1.13. The first-order valence-corrected chi connectivity index (χ1v) is 5.80. The summed E-state index contributed by atoms with van der Waals surface area (Å²) in [5.74, 6) is 0.0906. The summed E-state index contributed by atoms with van der Waals surface area (Å²) in [4.78, 5) is 13.4. The molecule has 0 saturated carbocycles. The maximum absolute atomic E-state index is 11.6. The van der Waals surface area contributed by atoms with Gasteiger partial charge in [-0.2, -0.15) is 0 Å². The molecule has 1 N–H and O–H groups in total. The average Bonchev–Trinajstić information content (AvgIpc) is 2.63. The van der Waals surface area contributed by atoms with Gasteiger partial charge in [-0.05, 0) is 20.8 Å². The van der Waals surface area contributed by atoms with Gasteiger partial charge in [0.25, 0.3) is 0 Å². The van der Waals surface area contributed by atoms with Crippen LogP contribution in [0.15, 0.2) is 0 Å². The molecule has 0 spiro atoms. The monoisotopic (exact) mass is 228 g/mol. The first kappa shape index (κ1) is 11.9. The largest absolute Gasteiger partial charge is 0.351 e. The molecule has 1 aromatic rings. The highest BCUT2D eigenvalue weighted by Gasteiger charge is 2.09. The zero-order valence-electron chi connectivity index (χ0n) is 9.28. The van der Waals surface area contributed by atoms with Crippen LogP contribution >= 0.6 is 11.3 Å². The van der Waals surface area contributed by atoms with E-state index < -0.39 is 0 Å². The Morgan fingerprint density at radius 2 is 2.07 bits per heavy atom. The number of anilines is 1. The fraction of sp³-hybridized carbons (Fsp3) is 0.667. The fourth-order valence-corrected chi connectivity index (χ4v) is 1.79. The number of amides is 1. The predicted molar refractivity (Wildman–Crippen MR) is 61.1 cm³/mol. The molecule has 0 unspecified atom stereocenters. The Morgan fingerprint density at radius 1 is 1.40 bits per heavy atom. The number of rotatable bonds is 5. The highest BCUT2D eigenvalue weighted by Crippen LogP contribution is 2.12. The van der Waals surface area contributed by atoms with Crippen LogP contribution in [0.4, 0.5) is 5.13 Å². The Balaban J connectivity index is 2.40. The molecule has 0 radical (unpaired) electrons. The van der Waals surface area contributed by atoms with Gasteiger partial charge in [0.05, 0.1) is 6.54 Å². The van der Waals surface area contributed by atoms with Gasteiger partial charge >= 0.3 is 0 Å². The summed E-state index contributed by atoms with van der Waals surface area (Å²) >= 11 is 1.45. The molecule has 1 amide bonds. The molecule has 0 aromatic carbocycles. The van der Waals surface area contributed by atoms with E-state index in [9.17, 15) is 4.79 Å². The number of hydrogen-bond donors (Lipinski definition) is 1. The average molecular weight is 228 g/mol. The molecule has 1 aromatic heterocycles. The SMILES string of the molecule is CCN(CC)C(=O)CNc1nnc(C)s1. The molecule has 0 atom stereocenters. The number of carbonyl (C=O) groups is 1. The van der Waals surface area contributed by atoms with Crippen LogP contribution < -0.4 is 5.32 Å². The Kier molecular flexibility index (Phi) is 4.48. The van der Waals surface area contributed by atoms with E-state index in [4.69, 9.17) is 0 Å². The van der Waals surface area contributed by atoms with Gasteiger partial charge in [0.2, 0.25) is 11.0 Å². The van der Waals surface area contributed by atoms with Gasteiger partial charge in [0.1, 0.15) is 5.01 Å². The van der Waals surface area contributed by atoms with E-state index >= 15 is 0 Å². The van der Waals surface area contributed by atoms with Crippen LogP contribution in [0.25, 0.3) is 0 Å². The van der Waals surface area contributed by atoms with Gasteiger partial charge in [-0.3, -0.25) is 4.79 Å². The third-order valence-corrected chi connectivity index (χ3v) is 2.83. The van der Waals surface area contributed by atoms with Crippen molar-refractivity contribution in [2.75, 3.05) is 25.0 Å². The second kappa shape index (κ2) is 5.65. The molecule has 0 aliphatic rings. The summed E-state index contributed by atoms with van der Waals surface area (Å²) in [7, 11) is 0. The zero-order valence-corrected chi connectivity index (χ0v) is 10.1. The quantitative estimate of drug-likeness (QED) is 0.820. The molecule has 0 bridgehead atoms. The van der Waals surface area contributed by atoms with Crippen molar-refractivity contribution >= 4 is 22.4 Å². The topological polar surface area (TPSA) is 58.1 Å². The van der Waals surface area contributed by atoms with Crippen molar-refractivity contribution in [1.82, 2.24) is 15.1 Å². The van der Waals surface area contributed by atoms with E-state index in [0.717, 1.165) is 18.1 Å². The molecular formula is C9H16N4OS. The zero-order chi connectivity index (χ0) is 11.3. The van der Waals surface area contributed by atoms with Crippen LogP contribution in [0, 0.1) is 6.92 Å². The summed E-state index contributed by atoms with van der Waals surface area (Å²) in [6.07, 6.45) is 0. The number of aromatic nitrogens is 2. The van der Waals surface area contributed by atoms with Crippen LogP contribution in [0.3, 0.4) is 0 Å². The smallest absolute Gasteiger partial charge is 0.241 e. The molecule has 0 fully saturated rings. The van der Waals surface area contributed by atoms with E-state index in [0.29, 0.717) is 5.13 Å². The molecule has 0 saturated heterocycles. The maximum atomic E-state index is 11.6. The first-order chi connectivity index (χ1) is 7.17. The van der Waals surface area contributed by atoms with Crippen LogP contribution in [-0.4, -0.2) is 40.6 Å². The standard InChI is InChI=1S/C9H16N4OS/c1-4-13(5-2)8(14)6-10-9-12-11-7(3)15-9/h4-6H2,1-3H3,(H,10,12). The summed E-state index contributed by atoms with van der Waals surface area (Å²) < 4.78 is 0. The molecule has 0 aliphatic carbocycles. The molecule has 15 heavy (non-hydrogen) atoms. The minimum absolute atomic E-state index is 0.0906. The molecule has 1 rings (SSSR count). The van der Waals surface area contributed by atoms with Crippen LogP contribution in [0.1, 0.15) is 18.9 Å². The maximum Gasteiger partial charge on any atom is 0.241 e. The summed E-state index contributed by atoms with van der Waals surface area (Å²) in [6, 6.07) is 0. The minimum Gasteiger partial charge on any atom is -0.351 e. The van der Waals surface area contributed by atoms with E-state index in [1.807, 2.05) is 20.8 Å². The molecule has 6 heteroatoms. The van der Waals surface area contributed by atoms with Crippen molar-refractivity contribution < 1.29 is 4.79 Å². The number of nitrogens with zero attached hydrogens (tertiary/aromatic N) is 3. The lowest BCUT2D eigenvalue weighted by atomic mass is 10.4. The van der Waals surface area contributed by atoms with Gasteiger partial charge in [-0.15, -0.1) is 10.2 Å². The van der Waals surface area contributed by atoms with Gasteiger partial charge in [-0.1, -0.05) is 11.3 Å². The Bertz CT molecular complexity index is 322. The normalized spacial score (nSPS) is 10.1. The number of nitrogens with one attached hydrogen (secondary N) is 1. The lowest BCUT2D eigenvalue weighted by Crippen LogP contribution is -2.35. The van der Waals surface area contributed by atoms with Crippen LogP contribution in [-0.2, 0) is 4.79 Å². The molecule has 5 nitrogen and oxygen atoms in total. The lowest BCUT2D eigenvalue weighted by molar-refractivity contribution is -0.128. The second-order valence-electron chi connectivity index (χ2n) is 3.05. The van der Waals surface area contributed by atoms with Crippen LogP contribution in [0.5, 0.6) is 0 Å². The van der Waals surface area contributed by atoms with Crippen molar-refractivity contribution in [1.29, 1.82) is 0 Å². The number of likely N-dealkylation sites (N-methyl/N-ethyl adjacent to an activating group) is 1. The van der Waals surface area contributed by atoms with E-state index in [-0.39, 0.29) is 12.5 Å². The van der Waals surface area contributed by atoms with Gasteiger partial charge in [-0.25, -0.2) is 0 Å². The third kappa shape index (κ3) is 3.47.